The zero-order chi connectivity index (χ0) is 13.5. The summed E-state index contributed by atoms with van der Waals surface area (Å²) in [5, 5.41) is 0. The van der Waals surface area contributed by atoms with E-state index in [0.717, 1.165) is 0 Å². The van der Waals surface area contributed by atoms with Crippen molar-refractivity contribution >= 4 is 8.32 Å². The van der Waals surface area contributed by atoms with Crippen molar-refractivity contribution in [1.82, 2.24) is 0 Å². The Morgan fingerprint density at radius 2 is 1.41 bits per heavy atom. The van der Waals surface area contributed by atoms with Crippen LogP contribution in [-0.4, -0.2) is 28.1 Å². The summed E-state index contributed by atoms with van der Waals surface area (Å²) in [6.07, 6.45) is 1.78. The topological polar surface area (TPSA) is 18.5 Å². The average molecular weight is 258 g/mol. The van der Waals surface area contributed by atoms with Crippen molar-refractivity contribution in [3.05, 3.63) is 12.7 Å². The fraction of sp³-hybridized carbons (Fsp3) is 0.857. The molecule has 0 atom stereocenters. The summed E-state index contributed by atoms with van der Waals surface area (Å²) in [5.74, 6) is 0. The van der Waals surface area contributed by atoms with Crippen molar-refractivity contribution in [2.75, 3.05) is 19.8 Å². The average Bonchev–Trinajstić information content (AvgIpc) is 2.21. The van der Waals surface area contributed by atoms with Crippen LogP contribution in [0.2, 0.25) is 16.6 Å². The van der Waals surface area contributed by atoms with Gasteiger partial charge in [-0.15, -0.1) is 6.58 Å². The molecule has 2 nitrogen and oxygen atoms in total. The van der Waals surface area contributed by atoms with Crippen LogP contribution in [0.25, 0.3) is 0 Å². The number of rotatable bonds is 9. The van der Waals surface area contributed by atoms with E-state index in [2.05, 4.69) is 48.1 Å². The smallest absolute Gasteiger partial charge is 0.200 e. The molecular weight excluding hydrogens is 228 g/mol. The van der Waals surface area contributed by atoms with E-state index in [1.54, 1.807) is 6.08 Å². The lowest BCUT2D eigenvalue weighted by Gasteiger charge is -2.42. The third-order valence-corrected chi connectivity index (χ3v) is 9.64. The molecule has 0 saturated carbocycles. The molecule has 0 bridgehead atoms. The summed E-state index contributed by atoms with van der Waals surface area (Å²) in [4.78, 5) is 0. The molecule has 3 heteroatoms. The van der Waals surface area contributed by atoms with Gasteiger partial charge in [0.1, 0.15) is 0 Å². The maximum atomic E-state index is 6.34. The Balaban J connectivity index is 4.43. The van der Waals surface area contributed by atoms with Crippen LogP contribution in [0.4, 0.5) is 0 Å². The van der Waals surface area contributed by atoms with Gasteiger partial charge in [-0.3, -0.25) is 0 Å². The summed E-state index contributed by atoms with van der Waals surface area (Å²) in [7, 11) is -1.69. The fourth-order valence-electron chi connectivity index (χ4n) is 2.94. The first-order valence-electron chi connectivity index (χ1n) is 6.72. The SMILES string of the molecule is C=CCOCCO[Si](C(C)C)(C(C)C)C(C)C. The minimum absolute atomic E-state index is 0.614. The van der Waals surface area contributed by atoms with Gasteiger partial charge in [-0.05, 0) is 16.6 Å². The van der Waals surface area contributed by atoms with Gasteiger partial charge in [-0.2, -0.15) is 0 Å². The second-order valence-corrected chi connectivity index (χ2v) is 11.0. The second kappa shape index (κ2) is 8.06. The lowest BCUT2D eigenvalue weighted by molar-refractivity contribution is 0.113. The normalized spacial score (nSPS) is 12.8. The van der Waals surface area contributed by atoms with E-state index in [0.29, 0.717) is 36.4 Å². The number of hydrogen-bond donors (Lipinski definition) is 0. The quantitative estimate of drug-likeness (QED) is 0.347. The standard InChI is InChI=1S/C14H30O2Si/c1-8-9-15-10-11-16-17(12(2)3,13(4)5)14(6)7/h8,12-14H,1,9-11H2,2-7H3. The molecule has 102 valence electrons. The summed E-state index contributed by atoms with van der Waals surface area (Å²) < 4.78 is 11.7. The first kappa shape index (κ1) is 16.9. The van der Waals surface area contributed by atoms with Gasteiger partial charge in [0.25, 0.3) is 0 Å². The Morgan fingerprint density at radius 1 is 0.941 bits per heavy atom. The molecule has 0 rings (SSSR count). The maximum Gasteiger partial charge on any atom is 0.200 e. The van der Waals surface area contributed by atoms with E-state index in [-0.39, 0.29) is 0 Å². The maximum absolute atomic E-state index is 6.34. The van der Waals surface area contributed by atoms with Crippen LogP contribution in [-0.2, 0) is 9.16 Å². The predicted octanol–water partition coefficient (Wildman–Crippen LogP) is 4.38. The molecule has 0 aromatic carbocycles. The minimum Gasteiger partial charge on any atom is -0.414 e. The predicted molar refractivity (Wildman–Crippen MR) is 78.0 cm³/mol. The molecular formula is C14H30O2Si. The zero-order valence-electron chi connectivity index (χ0n) is 12.5. The summed E-state index contributed by atoms with van der Waals surface area (Å²) in [6.45, 7) is 19.5. The number of hydrogen-bond acceptors (Lipinski definition) is 2. The van der Waals surface area contributed by atoms with Crippen LogP contribution in [0.3, 0.4) is 0 Å². The van der Waals surface area contributed by atoms with Gasteiger partial charge in [0.05, 0.1) is 19.8 Å². The molecule has 0 amide bonds. The fourth-order valence-corrected chi connectivity index (χ4v) is 8.38. The molecule has 0 aliphatic heterocycles. The van der Waals surface area contributed by atoms with Gasteiger partial charge in [-0.25, -0.2) is 0 Å². The van der Waals surface area contributed by atoms with E-state index < -0.39 is 8.32 Å². The van der Waals surface area contributed by atoms with Gasteiger partial charge in [0, 0.05) is 0 Å². The van der Waals surface area contributed by atoms with E-state index >= 15 is 0 Å². The molecule has 0 radical (unpaired) electrons. The lowest BCUT2D eigenvalue weighted by atomic mass is 10.5. The highest BCUT2D eigenvalue weighted by Gasteiger charge is 2.44. The first-order chi connectivity index (χ1) is 7.89. The van der Waals surface area contributed by atoms with Gasteiger partial charge in [0.15, 0.2) is 8.32 Å². The Morgan fingerprint density at radius 3 is 1.76 bits per heavy atom. The van der Waals surface area contributed by atoms with Crippen LogP contribution in [0.5, 0.6) is 0 Å². The van der Waals surface area contributed by atoms with Crippen molar-refractivity contribution in [1.29, 1.82) is 0 Å². The Kier molecular flexibility index (Phi) is 8.00. The molecule has 0 fully saturated rings. The van der Waals surface area contributed by atoms with E-state index in [4.69, 9.17) is 9.16 Å². The minimum atomic E-state index is -1.69. The third kappa shape index (κ3) is 4.57. The highest BCUT2D eigenvalue weighted by atomic mass is 28.4. The molecule has 17 heavy (non-hydrogen) atoms. The van der Waals surface area contributed by atoms with Crippen LogP contribution in [0.1, 0.15) is 41.5 Å². The molecule has 0 heterocycles. The Bertz CT molecular complexity index is 190. The zero-order valence-corrected chi connectivity index (χ0v) is 13.5. The highest BCUT2D eigenvalue weighted by molar-refractivity contribution is 6.77. The second-order valence-electron chi connectivity index (χ2n) is 5.53. The van der Waals surface area contributed by atoms with Gasteiger partial charge in [-0.1, -0.05) is 47.6 Å². The largest absolute Gasteiger partial charge is 0.414 e. The van der Waals surface area contributed by atoms with Crippen LogP contribution in [0.15, 0.2) is 12.7 Å². The summed E-state index contributed by atoms with van der Waals surface area (Å²) in [6, 6.07) is 0. The van der Waals surface area contributed by atoms with Crippen LogP contribution >= 0.6 is 0 Å². The van der Waals surface area contributed by atoms with Crippen LogP contribution < -0.4 is 0 Å². The molecule has 0 unspecified atom stereocenters. The monoisotopic (exact) mass is 258 g/mol. The van der Waals surface area contributed by atoms with Gasteiger partial charge >= 0.3 is 0 Å². The summed E-state index contributed by atoms with van der Waals surface area (Å²) >= 11 is 0. The van der Waals surface area contributed by atoms with Crippen molar-refractivity contribution in [3.8, 4) is 0 Å². The van der Waals surface area contributed by atoms with E-state index in [1.807, 2.05) is 0 Å². The molecule has 0 aromatic rings. The van der Waals surface area contributed by atoms with E-state index in [9.17, 15) is 0 Å². The number of ether oxygens (including phenoxy) is 1. The van der Waals surface area contributed by atoms with Gasteiger partial charge < -0.3 is 9.16 Å². The molecule has 0 aromatic heterocycles. The van der Waals surface area contributed by atoms with E-state index in [1.165, 1.54) is 0 Å². The molecule has 0 saturated heterocycles. The van der Waals surface area contributed by atoms with Crippen molar-refractivity contribution in [2.24, 2.45) is 0 Å². The Labute approximate surface area is 109 Å². The van der Waals surface area contributed by atoms with Gasteiger partial charge in [0.2, 0.25) is 0 Å². The lowest BCUT2D eigenvalue weighted by Crippen LogP contribution is -2.48. The third-order valence-electron chi connectivity index (χ3n) is 3.52. The Hall–Kier alpha value is -0.123. The molecule has 0 aliphatic carbocycles. The highest BCUT2D eigenvalue weighted by Crippen LogP contribution is 2.41. The molecule has 0 N–H and O–H groups in total. The molecule has 0 aliphatic rings. The summed E-state index contributed by atoms with van der Waals surface area (Å²) in [5.41, 5.74) is 1.92. The molecule has 0 spiro atoms. The van der Waals surface area contributed by atoms with Crippen LogP contribution in [0, 0.1) is 0 Å². The van der Waals surface area contributed by atoms with Crippen molar-refractivity contribution in [3.63, 3.8) is 0 Å². The van der Waals surface area contributed by atoms with Crippen molar-refractivity contribution < 1.29 is 9.16 Å². The van der Waals surface area contributed by atoms with Crippen molar-refractivity contribution in [2.45, 2.75) is 58.2 Å². The first-order valence-corrected chi connectivity index (χ1v) is 8.86.